The van der Waals surface area contributed by atoms with Gasteiger partial charge in [-0.15, -0.1) is 5.10 Å². The van der Waals surface area contributed by atoms with Gasteiger partial charge in [-0.3, -0.25) is 4.79 Å². The van der Waals surface area contributed by atoms with E-state index in [9.17, 15) is 4.79 Å². The summed E-state index contributed by atoms with van der Waals surface area (Å²) < 4.78 is 11.4. The zero-order chi connectivity index (χ0) is 23.9. The molecule has 1 amide bonds. The number of para-hydroxylation sites is 1. The van der Waals surface area contributed by atoms with Crippen molar-refractivity contribution in [3.63, 3.8) is 0 Å². The van der Waals surface area contributed by atoms with Crippen molar-refractivity contribution in [3.8, 4) is 11.6 Å². The van der Waals surface area contributed by atoms with Crippen LogP contribution in [0.3, 0.4) is 0 Å². The van der Waals surface area contributed by atoms with Crippen molar-refractivity contribution in [1.82, 2.24) is 30.7 Å². The Morgan fingerprint density at radius 2 is 1.97 bits per heavy atom. The van der Waals surface area contributed by atoms with Gasteiger partial charge in [0.05, 0.1) is 25.1 Å². The third-order valence-corrected chi connectivity index (χ3v) is 4.83. The van der Waals surface area contributed by atoms with Crippen LogP contribution in [0.5, 0.6) is 5.75 Å². The summed E-state index contributed by atoms with van der Waals surface area (Å²) in [6, 6.07) is 17.0. The van der Waals surface area contributed by atoms with Gasteiger partial charge in [0.25, 0.3) is 5.91 Å². The van der Waals surface area contributed by atoms with Gasteiger partial charge in [-0.25, -0.2) is 10.1 Å². The molecule has 2 heterocycles. The smallest absolute Gasteiger partial charge is 0.293 e. The van der Waals surface area contributed by atoms with E-state index >= 15 is 0 Å². The average Bonchev–Trinajstić information content (AvgIpc) is 3.46. The zero-order valence-electron chi connectivity index (χ0n) is 18.6. The molecule has 3 N–H and O–H groups in total. The number of rotatable bonds is 9. The lowest BCUT2D eigenvalue weighted by molar-refractivity contribution is 0.0949. The number of anilines is 2. The van der Waals surface area contributed by atoms with Crippen LogP contribution in [0, 0.1) is 0 Å². The van der Waals surface area contributed by atoms with Crippen molar-refractivity contribution in [3.05, 3.63) is 71.5 Å². The molecule has 0 fully saturated rings. The predicted octanol–water partition coefficient (Wildman–Crippen LogP) is 2.03. The molecule has 0 aliphatic carbocycles. The molecule has 0 bridgehead atoms. The van der Waals surface area contributed by atoms with Crippen LogP contribution in [0.1, 0.15) is 28.7 Å². The lowest BCUT2D eigenvalue weighted by Gasteiger charge is -2.19. The Bertz CT molecular complexity index is 1270. The summed E-state index contributed by atoms with van der Waals surface area (Å²) >= 11 is 0. The van der Waals surface area contributed by atoms with Crippen LogP contribution in [0.25, 0.3) is 5.82 Å². The lowest BCUT2D eigenvalue weighted by atomic mass is 10.2. The van der Waals surface area contributed by atoms with E-state index in [2.05, 4.69) is 31.2 Å². The topological polar surface area (TPSA) is 150 Å². The Morgan fingerprint density at radius 1 is 1.21 bits per heavy atom. The van der Waals surface area contributed by atoms with Crippen LogP contribution < -0.4 is 20.8 Å². The molecule has 174 valence electrons. The third-order valence-electron chi connectivity index (χ3n) is 4.83. The number of hydrogen-bond donors (Lipinski definition) is 2. The number of nitrogens with zero attached hydrogens (tertiary/aromatic N) is 7. The molecular formula is C22H23N9O3. The summed E-state index contributed by atoms with van der Waals surface area (Å²) in [4.78, 5) is 14.8. The molecule has 0 spiro atoms. The second-order valence-electron chi connectivity index (χ2n) is 7.16. The highest BCUT2D eigenvalue weighted by Crippen LogP contribution is 2.20. The summed E-state index contributed by atoms with van der Waals surface area (Å²) in [6.45, 7) is 2.77. The van der Waals surface area contributed by atoms with E-state index in [0.717, 1.165) is 17.0 Å². The maximum absolute atomic E-state index is 12.9. The minimum absolute atomic E-state index is 0.0222. The zero-order valence-corrected chi connectivity index (χ0v) is 18.6. The van der Waals surface area contributed by atoms with Crippen molar-refractivity contribution < 1.29 is 14.2 Å². The fourth-order valence-electron chi connectivity index (χ4n) is 3.16. The fourth-order valence-corrected chi connectivity index (χ4v) is 3.16. The molecule has 2 aromatic heterocycles. The van der Waals surface area contributed by atoms with Gasteiger partial charge in [-0.1, -0.05) is 23.4 Å². The van der Waals surface area contributed by atoms with Gasteiger partial charge in [0.15, 0.2) is 5.69 Å². The van der Waals surface area contributed by atoms with Crippen molar-refractivity contribution in [2.75, 3.05) is 24.3 Å². The standard InChI is InChI=1S/C22H23N9O3/c1-3-33-17-11-9-15(10-12-17)13-24-26-22(32)19-18(14-30(2)16-7-5-4-6-8-16)31(29-25-19)21-20(23)27-34-28-21/h4-13H,3,14H2,1-2H3,(H2,23,27)(H,26,32)/b24-13+. The summed E-state index contributed by atoms with van der Waals surface area (Å²) in [7, 11) is 1.88. The van der Waals surface area contributed by atoms with Crippen LogP contribution in [0.2, 0.25) is 0 Å². The first-order valence-corrected chi connectivity index (χ1v) is 10.4. The fraction of sp³-hybridized carbons (Fsp3) is 0.182. The molecule has 0 unspecified atom stereocenters. The molecule has 0 aliphatic heterocycles. The maximum Gasteiger partial charge on any atom is 0.293 e. The van der Waals surface area contributed by atoms with Crippen LogP contribution in [-0.4, -0.2) is 51.1 Å². The molecule has 34 heavy (non-hydrogen) atoms. The molecule has 12 nitrogen and oxygen atoms in total. The number of nitrogens with two attached hydrogens (primary N) is 1. The minimum Gasteiger partial charge on any atom is -0.494 e. The normalized spacial score (nSPS) is 11.0. The van der Waals surface area contributed by atoms with Gasteiger partial charge in [-0.2, -0.15) is 9.78 Å². The van der Waals surface area contributed by atoms with Gasteiger partial charge in [0.1, 0.15) is 5.75 Å². The van der Waals surface area contributed by atoms with Crippen molar-refractivity contribution in [2.24, 2.45) is 5.10 Å². The van der Waals surface area contributed by atoms with E-state index in [1.54, 1.807) is 0 Å². The van der Waals surface area contributed by atoms with Gasteiger partial charge >= 0.3 is 0 Å². The van der Waals surface area contributed by atoms with E-state index in [1.807, 2.05) is 73.5 Å². The van der Waals surface area contributed by atoms with Gasteiger partial charge < -0.3 is 15.4 Å². The first-order chi connectivity index (χ1) is 16.6. The highest BCUT2D eigenvalue weighted by molar-refractivity contribution is 5.94. The number of nitrogens with one attached hydrogen (secondary N) is 1. The van der Waals surface area contributed by atoms with Crippen molar-refractivity contribution >= 4 is 23.6 Å². The van der Waals surface area contributed by atoms with E-state index in [1.165, 1.54) is 10.9 Å². The van der Waals surface area contributed by atoms with Gasteiger partial charge in [0.2, 0.25) is 11.6 Å². The third kappa shape index (κ3) is 5.01. The van der Waals surface area contributed by atoms with Crippen LogP contribution in [0.15, 0.2) is 64.3 Å². The molecular weight excluding hydrogens is 438 g/mol. The minimum atomic E-state index is -0.542. The molecule has 0 saturated carbocycles. The maximum atomic E-state index is 12.9. The molecule has 12 heteroatoms. The quantitative estimate of drug-likeness (QED) is 0.282. The summed E-state index contributed by atoms with van der Waals surface area (Å²) in [5.41, 5.74) is 10.5. The van der Waals surface area contributed by atoms with E-state index < -0.39 is 5.91 Å². The molecule has 0 atom stereocenters. The Kier molecular flexibility index (Phi) is 6.77. The second kappa shape index (κ2) is 10.3. The molecule has 4 rings (SSSR count). The van der Waals surface area contributed by atoms with E-state index in [4.69, 9.17) is 15.1 Å². The Labute approximate surface area is 195 Å². The van der Waals surface area contributed by atoms with Crippen LogP contribution >= 0.6 is 0 Å². The van der Waals surface area contributed by atoms with Crippen molar-refractivity contribution in [1.29, 1.82) is 0 Å². The number of carbonyl (C=O) groups is 1. The lowest BCUT2D eigenvalue weighted by Crippen LogP contribution is -2.24. The monoisotopic (exact) mass is 461 g/mol. The van der Waals surface area contributed by atoms with E-state index in [0.29, 0.717) is 12.3 Å². The number of nitrogen functional groups attached to an aromatic ring is 1. The van der Waals surface area contributed by atoms with Crippen LogP contribution in [0.4, 0.5) is 11.5 Å². The second-order valence-corrected chi connectivity index (χ2v) is 7.16. The summed E-state index contributed by atoms with van der Waals surface area (Å²) in [5, 5.41) is 19.5. The van der Waals surface area contributed by atoms with Gasteiger partial charge in [0, 0.05) is 12.7 Å². The largest absolute Gasteiger partial charge is 0.494 e. The Morgan fingerprint density at radius 3 is 2.65 bits per heavy atom. The van der Waals surface area contributed by atoms with Crippen molar-refractivity contribution in [2.45, 2.75) is 13.5 Å². The number of amides is 1. The van der Waals surface area contributed by atoms with Gasteiger partial charge in [-0.05, 0) is 59.2 Å². The number of aromatic nitrogens is 5. The molecule has 4 aromatic rings. The molecule has 0 radical (unpaired) electrons. The SMILES string of the molecule is CCOc1ccc(/C=N/NC(=O)c2nnn(-c3nonc3N)c2CN(C)c2ccccc2)cc1. The molecule has 2 aromatic carbocycles. The van der Waals surface area contributed by atoms with Crippen LogP contribution in [-0.2, 0) is 6.54 Å². The number of carbonyl (C=O) groups excluding carboxylic acids is 1. The number of ether oxygens (including phenoxy) is 1. The molecule has 0 aliphatic rings. The highest BCUT2D eigenvalue weighted by atomic mass is 16.6. The highest BCUT2D eigenvalue weighted by Gasteiger charge is 2.25. The average molecular weight is 461 g/mol. The summed E-state index contributed by atoms with van der Waals surface area (Å²) in [6.07, 6.45) is 1.52. The number of hydrazone groups is 1. The molecule has 0 saturated heterocycles. The van der Waals surface area contributed by atoms with E-state index in [-0.39, 0.29) is 23.9 Å². The summed E-state index contributed by atoms with van der Waals surface area (Å²) in [5.74, 6) is 0.379. The number of benzene rings is 2. The predicted molar refractivity (Wildman–Crippen MR) is 125 cm³/mol. The number of hydrogen-bond acceptors (Lipinski definition) is 10. The Balaban J connectivity index is 1.56. The first kappa shape index (κ1) is 22.5. The Hall–Kier alpha value is -4.74. The first-order valence-electron chi connectivity index (χ1n) is 10.4.